The molecule has 0 saturated carbocycles. The van der Waals surface area contributed by atoms with Gasteiger partial charge in [0.2, 0.25) is 0 Å². The smallest absolute Gasteiger partial charge is 0.317 e. The second-order valence-electron chi connectivity index (χ2n) is 6.22. The van der Waals surface area contributed by atoms with Crippen LogP contribution in [0.25, 0.3) is 0 Å². The number of nitrogens with one attached hydrogen (secondary N) is 1. The maximum atomic E-state index is 12.4. The first-order chi connectivity index (χ1) is 10.0. The van der Waals surface area contributed by atoms with Crippen molar-refractivity contribution in [2.24, 2.45) is 5.92 Å². The lowest BCUT2D eigenvalue weighted by Crippen LogP contribution is -2.40. The predicted molar refractivity (Wildman–Crippen MR) is 82.2 cm³/mol. The van der Waals surface area contributed by atoms with Gasteiger partial charge in [-0.25, -0.2) is 4.79 Å². The Kier molecular flexibility index (Phi) is 5.26. The summed E-state index contributed by atoms with van der Waals surface area (Å²) in [4.78, 5) is 14.4. The molecule has 0 bridgehead atoms. The van der Waals surface area contributed by atoms with Gasteiger partial charge in [0, 0.05) is 25.1 Å². The Morgan fingerprint density at radius 1 is 1.52 bits per heavy atom. The van der Waals surface area contributed by atoms with Crippen LogP contribution in [0.1, 0.15) is 63.1 Å². The van der Waals surface area contributed by atoms with E-state index in [1.165, 1.54) is 0 Å². The van der Waals surface area contributed by atoms with Gasteiger partial charge in [-0.05, 0) is 32.1 Å². The summed E-state index contributed by atoms with van der Waals surface area (Å²) in [6, 6.07) is 0.158. The summed E-state index contributed by atoms with van der Waals surface area (Å²) in [7, 11) is 0. The molecule has 2 amide bonds. The van der Waals surface area contributed by atoms with E-state index in [2.05, 4.69) is 31.2 Å². The van der Waals surface area contributed by atoms with E-state index in [4.69, 9.17) is 4.52 Å². The number of rotatable bonds is 5. The fourth-order valence-corrected chi connectivity index (χ4v) is 2.98. The molecule has 1 aromatic rings. The van der Waals surface area contributed by atoms with Crippen LogP contribution >= 0.6 is 0 Å². The summed E-state index contributed by atoms with van der Waals surface area (Å²) in [6.45, 7) is 9.91. The van der Waals surface area contributed by atoms with Crippen LogP contribution in [0, 0.1) is 12.8 Å². The molecule has 1 unspecified atom stereocenters. The molecular formula is C16H27N3O2. The highest BCUT2D eigenvalue weighted by Crippen LogP contribution is 2.35. The summed E-state index contributed by atoms with van der Waals surface area (Å²) >= 11 is 0. The monoisotopic (exact) mass is 293 g/mol. The van der Waals surface area contributed by atoms with Crippen molar-refractivity contribution in [2.45, 2.75) is 59.4 Å². The summed E-state index contributed by atoms with van der Waals surface area (Å²) in [5.41, 5.74) is 2.03. The number of nitrogens with zero attached hydrogens (tertiary/aromatic N) is 2. The summed E-state index contributed by atoms with van der Waals surface area (Å²) in [5, 5.41) is 7.12. The van der Waals surface area contributed by atoms with Crippen molar-refractivity contribution in [1.29, 1.82) is 0 Å². The van der Waals surface area contributed by atoms with Crippen molar-refractivity contribution >= 4 is 6.03 Å². The third kappa shape index (κ3) is 3.57. The third-order valence-corrected chi connectivity index (χ3v) is 4.15. The van der Waals surface area contributed by atoms with Gasteiger partial charge in [0.05, 0.1) is 11.7 Å². The molecule has 5 nitrogen and oxygen atoms in total. The van der Waals surface area contributed by atoms with Gasteiger partial charge in [-0.1, -0.05) is 25.9 Å². The molecule has 118 valence electrons. The van der Waals surface area contributed by atoms with Crippen LogP contribution in [-0.2, 0) is 6.42 Å². The number of hydrogen-bond acceptors (Lipinski definition) is 3. The summed E-state index contributed by atoms with van der Waals surface area (Å²) in [5.74, 6) is 1.52. The highest BCUT2D eigenvalue weighted by atomic mass is 16.5. The fourth-order valence-electron chi connectivity index (χ4n) is 2.98. The fraction of sp³-hybridized carbons (Fsp3) is 0.750. The molecule has 1 fully saturated rings. The second-order valence-corrected chi connectivity index (χ2v) is 6.22. The van der Waals surface area contributed by atoms with Gasteiger partial charge in [0.1, 0.15) is 5.76 Å². The van der Waals surface area contributed by atoms with Crippen LogP contribution in [0.4, 0.5) is 4.79 Å². The Balaban J connectivity index is 2.06. The lowest BCUT2D eigenvalue weighted by atomic mass is 10.0. The molecule has 0 aliphatic carbocycles. The minimum Gasteiger partial charge on any atom is -0.361 e. The van der Waals surface area contributed by atoms with E-state index in [0.29, 0.717) is 5.92 Å². The number of urea groups is 1. The van der Waals surface area contributed by atoms with Crippen molar-refractivity contribution in [3.63, 3.8) is 0 Å². The zero-order valence-corrected chi connectivity index (χ0v) is 13.6. The molecule has 1 aliphatic heterocycles. The average molecular weight is 293 g/mol. The lowest BCUT2D eigenvalue weighted by molar-refractivity contribution is 0.192. The summed E-state index contributed by atoms with van der Waals surface area (Å²) < 4.78 is 5.39. The minimum absolute atomic E-state index is 0.0424. The third-order valence-electron chi connectivity index (χ3n) is 4.15. The number of carbonyl (C=O) groups excluding carboxylic acids is 1. The number of aromatic nitrogens is 1. The Bertz CT molecular complexity index is 482. The number of carbonyl (C=O) groups is 1. The van der Waals surface area contributed by atoms with Crippen molar-refractivity contribution in [2.75, 3.05) is 13.1 Å². The molecule has 1 atom stereocenters. The molecule has 1 saturated heterocycles. The van der Waals surface area contributed by atoms with Crippen molar-refractivity contribution in [3.05, 3.63) is 17.0 Å². The first kappa shape index (κ1) is 15.9. The summed E-state index contributed by atoms with van der Waals surface area (Å²) in [6.07, 6.45) is 3.86. The first-order valence-electron chi connectivity index (χ1n) is 8.04. The lowest BCUT2D eigenvalue weighted by Gasteiger charge is -2.25. The number of amides is 2. The van der Waals surface area contributed by atoms with Crippen molar-refractivity contribution in [1.82, 2.24) is 15.4 Å². The number of likely N-dealkylation sites (tertiary alicyclic amines) is 1. The Labute approximate surface area is 127 Å². The van der Waals surface area contributed by atoms with Crippen molar-refractivity contribution in [3.8, 4) is 0 Å². The van der Waals surface area contributed by atoms with E-state index in [9.17, 15) is 4.79 Å². The number of aryl methyl sites for hydroxylation is 2. The molecule has 2 heterocycles. The highest BCUT2D eigenvalue weighted by Gasteiger charge is 2.34. The van der Waals surface area contributed by atoms with E-state index in [1.54, 1.807) is 0 Å². The van der Waals surface area contributed by atoms with Crippen LogP contribution in [-0.4, -0.2) is 29.2 Å². The molecule has 1 aliphatic rings. The second kappa shape index (κ2) is 6.96. The zero-order valence-electron chi connectivity index (χ0n) is 13.6. The molecule has 0 spiro atoms. The maximum absolute atomic E-state index is 12.4. The normalized spacial score (nSPS) is 18.5. The standard InChI is InChI=1S/C16H27N3O2/c1-5-14-15(12(4)18-21-14)13-7-6-10-19(13)16(20)17-9-8-11(2)3/h11,13H,5-10H2,1-4H3,(H,17,20). The van der Waals surface area contributed by atoms with E-state index in [0.717, 1.165) is 55.8 Å². The van der Waals surface area contributed by atoms with Gasteiger partial charge in [-0.15, -0.1) is 0 Å². The zero-order chi connectivity index (χ0) is 15.4. The van der Waals surface area contributed by atoms with Crippen LogP contribution < -0.4 is 5.32 Å². The molecule has 5 heteroatoms. The van der Waals surface area contributed by atoms with Gasteiger partial charge in [-0.3, -0.25) is 0 Å². The van der Waals surface area contributed by atoms with Gasteiger partial charge in [0.25, 0.3) is 0 Å². The van der Waals surface area contributed by atoms with Gasteiger partial charge in [0.15, 0.2) is 0 Å². The van der Waals surface area contributed by atoms with Gasteiger partial charge in [-0.2, -0.15) is 0 Å². The molecule has 0 radical (unpaired) electrons. The van der Waals surface area contributed by atoms with Crippen LogP contribution in [0.15, 0.2) is 4.52 Å². The molecule has 0 aromatic carbocycles. The predicted octanol–water partition coefficient (Wildman–Crippen LogP) is 3.44. The number of hydrogen-bond donors (Lipinski definition) is 1. The Hall–Kier alpha value is -1.52. The highest BCUT2D eigenvalue weighted by molar-refractivity contribution is 5.75. The molecule has 21 heavy (non-hydrogen) atoms. The van der Waals surface area contributed by atoms with Gasteiger partial charge < -0.3 is 14.7 Å². The SMILES string of the molecule is CCc1onc(C)c1C1CCCN1C(=O)NCCC(C)C. The van der Waals surface area contributed by atoms with Crippen LogP contribution in [0.2, 0.25) is 0 Å². The first-order valence-corrected chi connectivity index (χ1v) is 8.04. The quantitative estimate of drug-likeness (QED) is 0.904. The maximum Gasteiger partial charge on any atom is 0.317 e. The van der Waals surface area contributed by atoms with E-state index >= 15 is 0 Å². The topological polar surface area (TPSA) is 58.4 Å². The molecule has 1 aromatic heterocycles. The molecule has 1 N–H and O–H groups in total. The van der Waals surface area contributed by atoms with E-state index in [-0.39, 0.29) is 12.1 Å². The van der Waals surface area contributed by atoms with Crippen molar-refractivity contribution < 1.29 is 9.32 Å². The van der Waals surface area contributed by atoms with E-state index in [1.807, 2.05) is 11.8 Å². The molecular weight excluding hydrogens is 266 g/mol. The molecule has 2 rings (SSSR count). The van der Waals surface area contributed by atoms with Gasteiger partial charge >= 0.3 is 6.03 Å². The van der Waals surface area contributed by atoms with E-state index < -0.39 is 0 Å². The van der Waals surface area contributed by atoms with Crippen LogP contribution in [0.5, 0.6) is 0 Å². The Morgan fingerprint density at radius 3 is 2.95 bits per heavy atom. The largest absolute Gasteiger partial charge is 0.361 e. The minimum atomic E-state index is 0.0424. The van der Waals surface area contributed by atoms with Crippen LogP contribution in [0.3, 0.4) is 0 Å². The Morgan fingerprint density at radius 2 is 2.29 bits per heavy atom. The average Bonchev–Trinajstić information content (AvgIpc) is 3.03.